The van der Waals surface area contributed by atoms with Crippen LogP contribution in [0.4, 0.5) is 4.39 Å². The van der Waals surface area contributed by atoms with Gasteiger partial charge in [0.15, 0.2) is 0 Å². The van der Waals surface area contributed by atoms with Gasteiger partial charge in [-0.1, -0.05) is 18.2 Å². The number of aromatic nitrogens is 4. The van der Waals surface area contributed by atoms with E-state index >= 15 is 0 Å². The van der Waals surface area contributed by atoms with E-state index in [1.807, 2.05) is 31.2 Å². The molecule has 3 heterocycles. The Balaban J connectivity index is 1.71. The number of rotatable bonds is 5. The first-order valence-electron chi connectivity index (χ1n) is 10.9. The summed E-state index contributed by atoms with van der Waals surface area (Å²) in [6.07, 6.45) is 7.89. The molecule has 162 valence electrons. The lowest BCUT2D eigenvalue weighted by atomic mass is 9.90. The SMILES string of the molecule is Cc1cccnc1-c1cc2c(cn1)nc(-c1ccccc1F)n2C1CCCC(NC=O)C1. The molecule has 0 aliphatic heterocycles. The molecule has 1 aromatic carbocycles. The third kappa shape index (κ3) is 3.64. The molecule has 3 aromatic heterocycles. The van der Waals surface area contributed by atoms with Crippen LogP contribution in [0.15, 0.2) is 54.9 Å². The Morgan fingerprint density at radius 2 is 2.03 bits per heavy atom. The van der Waals surface area contributed by atoms with Gasteiger partial charge < -0.3 is 9.88 Å². The summed E-state index contributed by atoms with van der Waals surface area (Å²) in [5.41, 5.74) is 4.69. The van der Waals surface area contributed by atoms with Crippen LogP contribution in [-0.2, 0) is 4.79 Å². The molecule has 5 rings (SSSR count). The smallest absolute Gasteiger partial charge is 0.207 e. The Labute approximate surface area is 185 Å². The Morgan fingerprint density at radius 1 is 1.16 bits per heavy atom. The van der Waals surface area contributed by atoms with Crippen LogP contribution in [-0.4, -0.2) is 32.0 Å². The number of halogens is 1. The second-order valence-corrected chi connectivity index (χ2v) is 8.31. The van der Waals surface area contributed by atoms with Gasteiger partial charge >= 0.3 is 0 Å². The zero-order valence-corrected chi connectivity index (χ0v) is 17.8. The van der Waals surface area contributed by atoms with Gasteiger partial charge in [-0.15, -0.1) is 0 Å². The molecule has 0 radical (unpaired) electrons. The first-order chi connectivity index (χ1) is 15.7. The third-order valence-corrected chi connectivity index (χ3v) is 6.26. The Morgan fingerprint density at radius 3 is 2.84 bits per heavy atom. The minimum absolute atomic E-state index is 0.0842. The van der Waals surface area contributed by atoms with Gasteiger partial charge in [-0.05, 0) is 62.4 Å². The van der Waals surface area contributed by atoms with Crippen LogP contribution in [0.25, 0.3) is 33.8 Å². The molecule has 1 amide bonds. The molecule has 1 saturated carbocycles. The molecule has 32 heavy (non-hydrogen) atoms. The number of benzene rings is 1. The van der Waals surface area contributed by atoms with Crippen molar-refractivity contribution in [3.05, 3.63) is 66.2 Å². The van der Waals surface area contributed by atoms with E-state index < -0.39 is 0 Å². The number of hydrogen-bond acceptors (Lipinski definition) is 4. The summed E-state index contributed by atoms with van der Waals surface area (Å²) >= 11 is 0. The van der Waals surface area contributed by atoms with Crippen molar-refractivity contribution in [1.29, 1.82) is 0 Å². The monoisotopic (exact) mass is 429 g/mol. The summed E-state index contributed by atoms with van der Waals surface area (Å²) < 4.78 is 16.9. The Bertz CT molecular complexity index is 1280. The standard InChI is InChI=1S/C25H24FN5O/c1-16-6-5-11-27-24(16)21-13-23-22(14-28-21)30-25(19-9-2-3-10-20(19)26)31(23)18-8-4-7-17(12-18)29-15-32/h2-3,5-6,9-11,13-15,17-18H,4,7-8,12H2,1H3,(H,29,32). The minimum Gasteiger partial charge on any atom is -0.356 e. The average molecular weight is 429 g/mol. The maximum atomic E-state index is 14.8. The Kier molecular flexibility index (Phi) is 5.39. The largest absolute Gasteiger partial charge is 0.356 e. The van der Waals surface area contributed by atoms with Crippen molar-refractivity contribution >= 4 is 17.4 Å². The van der Waals surface area contributed by atoms with Crippen LogP contribution in [0.5, 0.6) is 0 Å². The normalized spacial score (nSPS) is 18.6. The van der Waals surface area contributed by atoms with Crippen molar-refractivity contribution in [3.8, 4) is 22.8 Å². The molecule has 2 unspecified atom stereocenters. The lowest BCUT2D eigenvalue weighted by molar-refractivity contribution is -0.110. The summed E-state index contributed by atoms with van der Waals surface area (Å²) in [7, 11) is 0. The van der Waals surface area contributed by atoms with E-state index in [0.717, 1.165) is 54.6 Å². The molecule has 2 atom stereocenters. The highest BCUT2D eigenvalue weighted by Gasteiger charge is 2.28. The number of carbonyl (C=O) groups is 1. The highest BCUT2D eigenvalue weighted by Crippen LogP contribution is 2.37. The number of amides is 1. The van der Waals surface area contributed by atoms with E-state index in [9.17, 15) is 9.18 Å². The van der Waals surface area contributed by atoms with Crippen molar-refractivity contribution in [2.75, 3.05) is 0 Å². The van der Waals surface area contributed by atoms with E-state index in [-0.39, 0.29) is 17.9 Å². The topological polar surface area (TPSA) is 72.7 Å². The zero-order chi connectivity index (χ0) is 22.1. The average Bonchev–Trinajstić information content (AvgIpc) is 3.18. The van der Waals surface area contributed by atoms with Gasteiger partial charge in [-0.3, -0.25) is 14.8 Å². The molecule has 4 aromatic rings. The predicted octanol–water partition coefficient (Wildman–Crippen LogP) is 4.84. The molecule has 1 N–H and O–H groups in total. The molecule has 6 nitrogen and oxygen atoms in total. The maximum Gasteiger partial charge on any atom is 0.207 e. The van der Waals surface area contributed by atoms with E-state index in [4.69, 9.17) is 4.98 Å². The highest BCUT2D eigenvalue weighted by molar-refractivity contribution is 5.83. The predicted molar refractivity (Wildman–Crippen MR) is 121 cm³/mol. The second-order valence-electron chi connectivity index (χ2n) is 8.31. The number of pyridine rings is 2. The summed E-state index contributed by atoms with van der Waals surface area (Å²) in [6.45, 7) is 2.01. The first kappa shape index (κ1) is 20.3. The molecule has 1 fully saturated rings. The third-order valence-electron chi connectivity index (χ3n) is 6.26. The molecule has 0 spiro atoms. The van der Waals surface area contributed by atoms with Crippen molar-refractivity contribution in [3.63, 3.8) is 0 Å². The quantitative estimate of drug-likeness (QED) is 0.461. The van der Waals surface area contributed by atoms with Crippen LogP contribution in [0.3, 0.4) is 0 Å². The van der Waals surface area contributed by atoms with Gasteiger partial charge in [0.25, 0.3) is 0 Å². The minimum atomic E-state index is -0.309. The Hall–Kier alpha value is -3.61. The number of imidazole rings is 1. The fraction of sp³-hybridized carbons (Fsp3) is 0.280. The van der Waals surface area contributed by atoms with Crippen molar-refractivity contribution in [1.82, 2.24) is 24.8 Å². The molecule has 7 heteroatoms. The van der Waals surface area contributed by atoms with Gasteiger partial charge in [-0.25, -0.2) is 9.37 Å². The van der Waals surface area contributed by atoms with E-state index in [2.05, 4.69) is 19.9 Å². The summed E-state index contributed by atoms with van der Waals surface area (Å²) in [5, 5.41) is 2.93. The van der Waals surface area contributed by atoms with Gasteiger partial charge in [-0.2, -0.15) is 0 Å². The van der Waals surface area contributed by atoms with Crippen LogP contribution in [0.2, 0.25) is 0 Å². The number of nitrogens with zero attached hydrogens (tertiary/aromatic N) is 4. The van der Waals surface area contributed by atoms with Crippen molar-refractivity contribution in [2.45, 2.75) is 44.7 Å². The summed E-state index contributed by atoms with van der Waals surface area (Å²) in [5.74, 6) is 0.280. The lowest BCUT2D eigenvalue weighted by Gasteiger charge is -2.31. The van der Waals surface area contributed by atoms with Crippen LogP contribution in [0.1, 0.15) is 37.3 Å². The number of nitrogens with one attached hydrogen (secondary N) is 1. The van der Waals surface area contributed by atoms with E-state index in [0.29, 0.717) is 16.9 Å². The fourth-order valence-corrected chi connectivity index (χ4v) is 4.73. The first-order valence-corrected chi connectivity index (χ1v) is 10.9. The van der Waals surface area contributed by atoms with E-state index in [1.54, 1.807) is 24.5 Å². The van der Waals surface area contributed by atoms with Gasteiger partial charge in [0.05, 0.1) is 28.7 Å². The number of hydrogen-bond donors (Lipinski definition) is 1. The van der Waals surface area contributed by atoms with Crippen LogP contribution < -0.4 is 5.32 Å². The summed E-state index contributed by atoms with van der Waals surface area (Å²) in [6, 6.07) is 12.8. The second kappa shape index (κ2) is 8.49. The van der Waals surface area contributed by atoms with Gasteiger partial charge in [0, 0.05) is 18.3 Å². The molecular formula is C25H24FN5O. The molecule has 1 aliphatic carbocycles. The van der Waals surface area contributed by atoms with Gasteiger partial charge in [0.2, 0.25) is 6.41 Å². The molecule has 0 bridgehead atoms. The van der Waals surface area contributed by atoms with Gasteiger partial charge in [0.1, 0.15) is 17.2 Å². The number of fused-ring (bicyclic) bond motifs is 1. The van der Waals surface area contributed by atoms with Crippen molar-refractivity contribution in [2.24, 2.45) is 0 Å². The molecule has 0 saturated heterocycles. The van der Waals surface area contributed by atoms with Crippen LogP contribution in [0, 0.1) is 12.7 Å². The molecule has 1 aliphatic rings. The molecular weight excluding hydrogens is 405 g/mol. The number of aryl methyl sites for hydroxylation is 1. The summed E-state index contributed by atoms with van der Waals surface area (Å²) in [4.78, 5) is 25.0. The zero-order valence-electron chi connectivity index (χ0n) is 17.8. The van der Waals surface area contributed by atoms with Crippen LogP contribution >= 0.6 is 0 Å². The highest BCUT2D eigenvalue weighted by atomic mass is 19.1. The fourth-order valence-electron chi connectivity index (χ4n) is 4.73. The number of carbonyl (C=O) groups excluding carboxylic acids is 1. The van der Waals surface area contributed by atoms with E-state index in [1.165, 1.54) is 6.07 Å². The maximum absolute atomic E-state index is 14.8. The van der Waals surface area contributed by atoms with Crippen molar-refractivity contribution < 1.29 is 9.18 Å². The lowest BCUT2D eigenvalue weighted by Crippen LogP contribution is -2.34.